The fourth-order valence-electron chi connectivity index (χ4n) is 5.05. The van der Waals surface area contributed by atoms with Gasteiger partial charge in [0, 0.05) is 31.5 Å². The fourth-order valence-corrected chi connectivity index (χ4v) is 5.05. The Morgan fingerprint density at radius 3 is 2.52 bits per heavy atom. The first-order valence-electron chi connectivity index (χ1n) is 8.64. The third-order valence-corrected chi connectivity index (χ3v) is 6.20. The lowest BCUT2D eigenvalue weighted by Crippen LogP contribution is -2.36. The molecular weight excluding hydrogens is 262 g/mol. The van der Waals surface area contributed by atoms with E-state index in [-0.39, 0.29) is 12.1 Å². The van der Waals surface area contributed by atoms with Crippen LogP contribution < -0.4 is 0 Å². The highest BCUT2D eigenvalue weighted by atomic mass is 16.3. The zero-order chi connectivity index (χ0) is 14.4. The van der Waals surface area contributed by atoms with Gasteiger partial charge in [-0.05, 0) is 44.4 Å². The van der Waals surface area contributed by atoms with Crippen LogP contribution in [0.3, 0.4) is 0 Å². The maximum Gasteiger partial charge on any atom is 0.105 e. The number of aliphatic hydroxyl groups is 1. The van der Waals surface area contributed by atoms with E-state index in [0.29, 0.717) is 5.92 Å². The van der Waals surface area contributed by atoms with Crippen molar-refractivity contribution in [2.45, 2.75) is 63.6 Å². The SMILES string of the molecule is Cc1nccn1[C@H]1C[C@H]2CN(C3CCCC3)C[C@H]2C[C@@H]1O. The summed E-state index contributed by atoms with van der Waals surface area (Å²) in [5.74, 6) is 2.50. The molecule has 0 radical (unpaired) electrons. The average molecular weight is 289 g/mol. The molecule has 3 fully saturated rings. The molecule has 0 unspecified atom stereocenters. The Kier molecular flexibility index (Phi) is 3.54. The van der Waals surface area contributed by atoms with Crippen molar-refractivity contribution in [1.82, 2.24) is 14.5 Å². The second kappa shape index (κ2) is 5.40. The van der Waals surface area contributed by atoms with Gasteiger partial charge in [-0.1, -0.05) is 12.8 Å². The molecule has 0 spiro atoms. The number of aromatic nitrogens is 2. The molecule has 4 atom stereocenters. The third kappa shape index (κ3) is 2.42. The lowest BCUT2D eigenvalue weighted by molar-refractivity contribution is 0.0349. The van der Waals surface area contributed by atoms with E-state index in [1.165, 1.54) is 38.8 Å². The highest BCUT2D eigenvalue weighted by Gasteiger charge is 2.44. The monoisotopic (exact) mass is 289 g/mol. The van der Waals surface area contributed by atoms with E-state index in [0.717, 1.165) is 30.6 Å². The van der Waals surface area contributed by atoms with Crippen LogP contribution in [0.5, 0.6) is 0 Å². The number of nitrogens with zero attached hydrogens (tertiary/aromatic N) is 3. The van der Waals surface area contributed by atoms with Crippen LogP contribution in [-0.2, 0) is 0 Å². The normalized spacial score (nSPS) is 38.0. The second-order valence-corrected chi connectivity index (χ2v) is 7.40. The molecule has 1 N–H and O–H groups in total. The molecule has 0 bridgehead atoms. The molecule has 0 amide bonds. The van der Waals surface area contributed by atoms with Gasteiger partial charge < -0.3 is 9.67 Å². The minimum absolute atomic E-state index is 0.206. The molecular formula is C17H27N3O. The first kappa shape index (κ1) is 13.8. The van der Waals surface area contributed by atoms with Gasteiger partial charge in [0.15, 0.2) is 0 Å². The Hall–Kier alpha value is -0.870. The summed E-state index contributed by atoms with van der Waals surface area (Å²) in [5.41, 5.74) is 0. The Bertz CT molecular complexity index is 494. The highest BCUT2D eigenvalue weighted by molar-refractivity contribution is 5.01. The van der Waals surface area contributed by atoms with Crippen molar-refractivity contribution in [3.63, 3.8) is 0 Å². The molecule has 0 aromatic carbocycles. The summed E-state index contributed by atoms with van der Waals surface area (Å²) < 4.78 is 2.19. The molecule has 3 aliphatic rings. The van der Waals surface area contributed by atoms with Gasteiger partial charge in [0.2, 0.25) is 0 Å². The van der Waals surface area contributed by atoms with E-state index in [9.17, 15) is 5.11 Å². The molecule has 21 heavy (non-hydrogen) atoms. The number of aryl methyl sites for hydroxylation is 1. The number of hydrogen-bond donors (Lipinski definition) is 1. The van der Waals surface area contributed by atoms with Gasteiger partial charge in [0.05, 0.1) is 12.1 Å². The number of hydrogen-bond acceptors (Lipinski definition) is 3. The molecule has 2 saturated carbocycles. The van der Waals surface area contributed by atoms with Crippen LogP contribution in [0.25, 0.3) is 0 Å². The molecule has 1 saturated heterocycles. The topological polar surface area (TPSA) is 41.3 Å². The van der Waals surface area contributed by atoms with Crippen LogP contribution in [-0.4, -0.2) is 44.8 Å². The number of fused-ring (bicyclic) bond motifs is 1. The molecule has 4 rings (SSSR count). The first-order valence-corrected chi connectivity index (χ1v) is 8.64. The minimum atomic E-state index is -0.206. The van der Waals surface area contributed by atoms with Crippen molar-refractivity contribution in [1.29, 1.82) is 0 Å². The van der Waals surface area contributed by atoms with Gasteiger partial charge >= 0.3 is 0 Å². The number of rotatable bonds is 2. The zero-order valence-electron chi connectivity index (χ0n) is 13.0. The Balaban J connectivity index is 1.48. The molecule has 1 aromatic rings. The lowest BCUT2D eigenvalue weighted by atomic mass is 9.77. The average Bonchev–Trinajstić information content (AvgIpc) is 3.16. The molecule has 4 heteroatoms. The number of aliphatic hydroxyl groups excluding tert-OH is 1. The molecule has 1 aromatic heterocycles. The second-order valence-electron chi connectivity index (χ2n) is 7.40. The van der Waals surface area contributed by atoms with Gasteiger partial charge in [-0.2, -0.15) is 0 Å². The summed E-state index contributed by atoms with van der Waals surface area (Å²) in [6.45, 7) is 4.52. The van der Waals surface area contributed by atoms with Crippen LogP contribution in [0.1, 0.15) is 50.4 Å². The van der Waals surface area contributed by atoms with Crippen molar-refractivity contribution >= 4 is 0 Å². The molecule has 4 nitrogen and oxygen atoms in total. The quantitative estimate of drug-likeness (QED) is 0.909. The maximum atomic E-state index is 10.6. The Labute approximate surface area is 127 Å². The van der Waals surface area contributed by atoms with Crippen molar-refractivity contribution < 1.29 is 5.11 Å². The minimum Gasteiger partial charge on any atom is -0.391 e. The van der Waals surface area contributed by atoms with Crippen molar-refractivity contribution in [2.75, 3.05) is 13.1 Å². The third-order valence-electron chi connectivity index (χ3n) is 6.20. The molecule has 2 heterocycles. The van der Waals surface area contributed by atoms with E-state index in [2.05, 4.69) is 14.5 Å². The van der Waals surface area contributed by atoms with Gasteiger partial charge in [0.25, 0.3) is 0 Å². The van der Waals surface area contributed by atoms with Gasteiger partial charge in [-0.25, -0.2) is 4.98 Å². The van der Waals surface area contributed by atoms with Gasteiger partial charge in [-0.15, -0.1) is 0 Å². The standard InChI is InChI=1S/C17H27N3O/c1-12-18-6-7-20(12)16-8-13-10-19(15-4-2-3-5-15)11-14(13)9-17(16)21/h6-7,13-17,21H,2-5,8-11H2,1H3/t13-,14+,16-,17-/m0/s1. The lowest BCUT2D eigenvalue weighted by Gasteiger charge is -2.36. The van der Waals surface area contributed by atoms with Gasteiger partial charge in [-0.3, -0.25) is 4.90 Å². The number of imidazole rings is 1. The summed E-state index contributed by atoms with van der Waals surface area (Å²) in [4.78, 5) is 7.07. The Morgan fingerprint density at radius 2 is 1.86 bits per heavy atom. The van der Waals surface area contributed by atoms with E-state index >= 15 is 0 Å². The Morgan fingerprint density at radius 1 is 1.14 bits per heavy atom. The van der Waals surface area contributed by atoms with E-state index in [1.807, 2.05) is 19.3 Å². The molecule has 116 valence electrons. The van der Waals surface area contributed by atoms with Crippen LogP contribution >= 0.6 is 0 Å². The molecule has 1 aliphatic heterocycles. The van der Waals surface area contributed by atoms with Gasteiger partial charge in [0.1, 0.15) is 5.82 Å². The van der Waals surface area contributed by atoms with Crippen LogP contribution in [0.15, 0.2) is 12.4 Å². The summed E-state index contributed by atoms with van der Waals surface area (Å²) in [6.07, 6.45) is 11.4. The van der Waals surface area contributed by atoms with E-state index in [4.69, 9.17) is 0 Å². The fraction of sp³-hybridized carbons (Fsp3) is 0.824. The predicted molar refractivity (Wildman–Crippen MR) is 82.1 cm³/mol. The van der Waals surface area contributed by atoms with Crippen LogP contribution in [0.2, 0.25) is 0 Å². The summed E-state index contributed by atoms with van der Waals surface area (Å²) in [7, 11) is 0. The van der Waals surface area contributed by atoms with Crippen LogP contribution in [0, 0.1) is 18.8 Å². The first-order chi connectivity index (χ1) is 10.2. The summed E-state index contributed by atoms with van der Waals surface area (Å²) in [5, 5.41) is 10.6. The zero-order valence-corrected chi connectivity index (χ0v) is 13.0. The highest BCUT2D eigenvalue weighted by Crippen LogP contribution is 2.43. The predicted octanol–water partition coefficient (Wildman–Crippen LogP) is 2.38. The van der Waals surface area contributed by atoms with Crippen molar-refractivity contribution in [3.8, 4) is 0 Å². The number of likely N-dealkylation sites (tertiary alicyclic amines) is 1. The summed E-state index contributed by atoms with van der Waals surface area (Å²) >= 11 is 0. The maximum absolute atomic E-state index is 10.6. The van der Waals surface area contributed by atoms with Crippen molar-refractivity contribution in [3.05, 3.63) is 18.2 Å². The van der Waals surface area contributed by atoms with E-state index < -0.39 is 0 Å². The van der Waals surface area contributed by atoms with Crippen LogP contribution in [0.4, 0.5) is 0 Å². The summed E-state index contributed by atoms with van der Waals surface area (Å²) in [6, 6.07) is 1.07. The largest absolute Gasteiger partial charge is 0.391 e. The van der Waals surface area contributed by atoms with E-state index in [1.54, 1.807) is 0 Å². The smallest absolute Gasteiger partial charge is 0.105 e. The van der Waals surface area contributed by atoms with Crippen molar-refractivity contribution in [2.24, 2.45) is 11.8 Å². The molecule has 2 aliphatic carbocycles.